The topological polar surface area (TPSA) is 29.9 Å². The first-order chi connectivity index (χ1) is 8.74. The van der Waals surface area contributed by atoms with Crippen molar-refractivity contribution in [3.63, 3.8) is 0 Å². The maximum Gasteiger partial charge on any atom is 0.0951 e. The minimum atomic E-state index is 0.678. The molecule has 0 atom stereocenters. The molecular formula is C13H13Br2N3. The van der Waals surface area contributed by atoms with Gasteiger partial charge in [-0.1, -0.05) is 15.9 Å². The highest BCUT2D eigenvalue weighted by molar-refractivity contribution is 9.11. The first kappa shape index (κ1) is 12.2. The van der Waals surface area contributed by atoms with E-state index < -0.39 is 0 Å². The van der Waals surface area contributed by atoms with Crippen molar-refractivity contribution < 1.29 is 0 Å². The van der Waals surface area contributed by atoms with Crippen LogP contribution in [0, 0.1) is 0 Å². The molecule has 94 valence electrons. The highest BCUT2D eigenvalue weighted by Crippen LogP contribution is 2.36. The average Bonchev–Trinajstić information content (AvgIpc) is 3.08. The summed E-state index contributed by atoms with van der Waals surface area (Å²) in [5.41, 5.74) is 2.34. The molecule has 3 nitrogen and oxygen atoms in total. The Bertz CT molecular complexity index is 561. The molecule has 0 unspecified atom stereocenters. The van der Waals surface area contributed by atoms with E-state index in [0.29, 0.717) is 6.04 Å². The van der Waals surface area contributed by atoms with E-state index in [9.17, 15) is 0 Å². The molecule has 5 heteroatoms. The molecule has 0 amide bonds. The normalized spacial score (nSPS) is 14.8. The van der Waals surface area contributed by atoms with Gasteiger partial charge in [0.2, 0.25) is 0 Å². The van der Waals surface area contributed by atoms with Gasteiger partial charge in [-0.25, -0.2) is 4.98 Å². The summed E-state index contributed by atoms with van der Waals surface area (Å²) >= 11 is 7.01. The van der Waals surface area contributed by atoms with Crippen LogP contribution in [0.2, 0.25) is 0 Å². The van der Waals surface area contributed by atoms with Crippen molar-refractivity contribution in [2.24, 2.45) is 0 Å². The molecule has 2 aromatic rings. The number of benzene rings is 1. The third-order valence-electron chi connectivity index (χ3n) is 3.08. The minimum absolute atomic E-state index is 0.678. The van der Waals surface area contributed by atoms with E-state index in [1.54, 1.807) is 0 Å². The molecule has 1 heterocycles. The second-order valence-corrected chi connectivity index (χ2v) is 6.27. The number of rotatable bonds is 4. The lowest BCUT2D eigenvalue weighted by Crippen LogP contribution is -2.06. The Morgan fingerprint density at radius 2 is 2.17 bits per heavy atom. The average molecular weight is 371 g/mol. The highest BCUT2D eigenvalue weighted by atomic mass is 79.9. The summed E-state index contributed by atoms with van der Waals surface area (Å²) < 4.78 is 4.41. The van der Waals surface area contributed by atoms with E-state index in [4.69, 9.17) is 0 Å². The fraction of sp³-hybridized carbons (Fsp3) is 0.308. The number of hydrogen-bond acceptors (Lipinski definition) is 2. The van der Waals surface area contributed by atoms with E-state index >= 15 is 0 Å². The predicted octanol–water partition coefficient (Wildman–Crippen LogP) is 4.36. The van der Waals surface area contributed by atoms with Gasteiger partial charge in [0.1, 0.15) is 0 Å². The van der Waals surface area contributed by atoms with Crippen LogP contribution in [0.25, 0.3) is 0 Å². The summed E-state index contributed by atoms with van der Waals surface area (Å²) in [6, 6.07) is 6.82. The van der Waals surface area contributed by atoms with Gasteiger partial charge in [-0.05, 0) is 47.0 Å². The molecular weight excluding hydrogens is 358 g/mol. The van der Waals surface area contributed by atoms with Crippen molar-refractivity contribution in [1.29, 1.82) is 0 Å². The standard InChI is InChI=1S/C13H13Br2N3/c14-9-1-4-13(12(15)5-9)17-7-11-6-16-8-18(11)10-2-3-10/h1,4-6,8,10,17H,2-3,7H2. The summed E-state index contributed by atoms with van der Waals surface area (Å²) in [4.78, 5) is 4.24. The van der Waals surface area contributed by atoms with E-state index in [1.807, 2.05) is 24.7 Å². The smallest absolute Gasteiger partial charge is 0.0951 e. The lowest BCUT2D eigenvalue weighted by Gasteiger charge is -2.10. The summed E-state index contributed by atoms with van der Waals surface area (Å²) in [5, 5.41) is 3.44. The summed E-state index contributed by atoms with van der Waals surface area (Å²) in [6.45, 7) is 0.802. The number of imidazole rings is 1. The second kappa shape index (κ2) is 5.05. The monoisotopic (exact) mass is 369 g/mol. The second-order valence-electron chi connectivity index (χ2n) is 4.50. The van der Waals surface area contributed by atoms with Crippen molar-refractivity contribution in [3.8, 4) is 0 Å². The van der Waals surface area contributed by atoms with Gasteiger partial charge in [0.25, 0.3) is 0 Å². The lowest BCUT2D eigenvalue weighted by atomic mass is 10.3. The Morgan fingerprint density at radius 3 is 2.89 bits per heavy atom. The summed E-state index contributed by atoms with van der Waals surface area (Å²) in [7, 11) is 0. The number of halogens is 2. The number of hydrogen-bond donors (Lipinski definition) is 1. The van der Waals surface area contributed by atoms with Crippen LogP contribution in [-0.4, -0.2) is 9.55 Å². The molecule has 1 fully saturated rings. The zero-order valence-corrected chi connectivity index (χ0v) is 12.9. The van der Waals surface area contributed by atoms with Crippen molar-refractivity contribution in [3.05, 3.63) is 45.4 Å². The lowest BCUT2D eigenvalue weighted by molar-refractivity contribution is 0.701. The Hall–Kier alpha value is -0.810. The van der Waals surface area contributed by atoms with Crippen LogP contribution >= 0.6 is 31.9 Å². The van der Waals surface area contributed by atoms with Gasteiger partial charge >= 0.3 is 0 Å². The highest BCUT2D eigenvalue weighted by Gasteiger charge is 2.24. The Balaban J connectivity index is 1.71. The van der Waals surface area contributed by atoms with Crippen molar-refractivity contribution >= 4 is 37.5 Å². The molecule has 1 aromatic heterocycles. The summed E-state index contributed by atoms with van der Waals surface area (Å²) in [6.07, 6.45) is 6.44. The van der Waals surface area contributed by atoms with Crippen molar-refractivity contribution in [1.82, 2.24) is 9.55 Å². The SMILES string of the molecule is Brc1ccc(NCc2cncn2C2CC2)c(Br)c1. The quantitative estimate of drug-likeness (QED) is 0.866. The molecule has 0 saturated heterocycles. The predicted molar refractivity (Wildman–Crippen MR) is 79.7 cm³/mol. The Labute approximate surface area is 123 Å². The molecule has 1 aliphatic carbocycles. The first-order valence-corrected chi connectivity index (χ1v) is 7.52. The fourth-order valence-corrected chi connectivity index (χ4v) is 3.16. The maximum atomic E-state index is 4.24. The number of nitrogens with one attached hydrogen (secondary N) is 1. The fourth-order valence-electron chi connectivity index (χ4n) is 1.97. The minimum Gasteiger partial charge on any atom is -0.378 e. The van der Waals surface area contributed by atoms with E-state index in [0.717, 1.165) is 21.2 Å². The number of nitrogens with zero attached hydrogens (tertiary/aromatic N) is 2. The molecule has 0 spiro atoms. The van der Waals surface area contributed by atoms with Crippen LogP contribution in [0.3, 0.4) is 0 Å². The van der Waals surface area contributed by atoms with Crippen LogP contribution in [0.1, 0.15) is 24.6 Å². The van der Waals surface area contributed by atoms with Crippen molar-refractivity contribution in [2.75, 3.05) is 5.32 Å². The molecule has 1 saturated carbocycles. The van der Waals surface area contributed by atoms with E-state index in [1.165, 1.54) is 18.5 Å². The van der Waals surface area contributed by atoms with Gasteiger partial charge < -0.3 is 9.88 Å². The molecule has 0 radical (unpaired) electrons. The van der Waals surface area contributed by atoms with Crippen LogP contribution < -0.4 is 5.32 Å². The van der Waals surface area contributed by atoms with Gasteiger partial charge in [0.05, 0.1) is 18.6 Å². The van der Waals surface area contributed by atoms with Gasteiger partial charge in [-0.3, -0.25) is 0 Å². The molecule has 18 heavy (non-hydrogen) atoms. The number of aromatic nitrogens is 2. The molecule has 1 aromatic carbocycles. The maximum absolute atomic E-state index is 4.24. The van der Waals surface area contributed by atoms with Crippen molar-refractivity contribution in [2.45, 2.75) is 25.4 Å². The summed E-state index contributed by atoms with van der Waals surface area (Å²) in [5.74, 6) is 0. The van der Waals surface area contributed by atoms with Gasteiger partial charge in [0, 0.05) is 26.9 Å². The number of anilines is 1. The van der Waals surface area contributed by atoms with Crippen LogP contribution in [0.5, 0.6) is 0 Å². The molecule has 0 bridgehead atoms. The van der Waals surface area contributed by atoms with Gasteiger partial charge in [-0.15, -0.1) is 0 Å². The zero-order chi connectivity index (χ0) is 12.5. The Morgan fingerprint density at radius 1 is 1.33 bits per heavy atom. The van der Waals surface area contributed by atoms with E-state index in [-0.39, 0.29) is 0 Å². The van der Waals surface area contributed by atoms with Crippen LogP contribution in [-0.2, 0) is 6.54 Å². The van der Waals surface area contributed by atoms with Crippen LogP contribution in [0.15, 0.2) is 39.7 Å². The Kier molecular flexibility index (Phi) is 3.43. The molecule has 1 N–H and O–H groups in total. The largest absolute Gasteiger partial charge is 0.378 e. The molecule has 1 aliphatic rings. The molecule has 3 rings (SSSR count). The van der Waals surface area contributed by atoms with E-state index in [2.05, 4.69) is 52.8 Å². The first-order valence-electron chi connectivity index (χ1n) is 5.93. The zero-order valence-electron chi connectivity index (χ0n) is 9.74. The van der Waals surface area contributed by atoms with Gasteiger partial charge in [-0.2, -0.15) is 0 Å². The van der Waals surface area contributed by atoms with Gasteiger partial charge in [0.15, 0.2) is 0 Å². The molecule has 0 aliphatic heterocycles. The third kappa shape index (κ3) is 2.62. The third-order valence-corrected chi connectivity index (χ3v) is 4.23. The van der Waals surface area contributed by atoms with Crippen LogP contribution in [0.4, 0.5) is 5.69 Å².